The lowest BCUT2D eigenvalue weighted by molar-refractivity contribution is 0.635. The lowest BCUT2D eigenvalue weighted by Crippen LogP contribution is -2.16. The van der Waals surface area contributed by atoms with Gasteiger partial charge in [-0.2, -0.15) is 0 Å². The molecule has 2 aromatic rings. The number of hydrogen-bond acceptors (Lipinski definition) is 2. The van der Waals surface area contributed by atoms with Crippen LogP contribution in [0.4, 0.5) is 0 Å². The van der Waals surface area contributed by atoms with Gasteiger partial charge in [0.05, 0.1) is 5.69 Å². The first-order valence-electron chi connectivity index (χ1n) is 5.23. The highest BCUT2D eigenvalue weighted by molar-refractivity contribution is 6.28. The predicted octanol–water partition coefficient (Wildman–Crippen LogP) is 3.44. The van der Waals surface area contributed by atoms with Crippen LogP contribution < -0.4 is 0 Å². The molecule has 0 amide bonds. The van der Waals surface area contributed by atoms with Crippen LogP contribution in [0, 0.1) is 0 Å². The molecule has 0 fully saturated rings. The summed E-state index contributed by atoms with van der Waals surface area (Å²) in [7, 11) is 0. The number of nitrogens with zero attached hydrogens (tertiary/aromatic N) is 2. The van der Waals surface area contributed by atoms with Gasteiger partial charge in [0.2, 0.25) is 5.28 Å². The summed E-state index contributed by atoms with van der Waals surface area (Å²) in [5.41, 5.74) is 4.55. The van der Waals surface area contributed by atoms with E-state index in [1.807, 2.05) is 12.3 Å². The van der Waals surface area contributed by atoms with Crippen molar-refractivity contribution >= 4 is 11.6 Å². The van der Waals surface area contributed by atoms with E-state index in [-0.39, 0.29) is 5.41 Å². The molecule has 16 heavy (non-hydrogen) atoms. The molecule has 1 aliphatic rings. The molecular weight excluding hydrogens is 220 g/mol. The van der Waals surface area contributed by atoms with Crippen molar-refractivity contribution in [1.29, 1.82) is 0 Å². The lowest BCUT2D eigenvalue weighted by atomic mass is 9.85. The quantitative estimate of drug-likeness (QED) is 0.648. The Kier molecular flexibility index (Phi) is 1.86. The van der Waals surface area contributed by atoms with Crippen molar-refractivity contribution in [3.05, 3.63) is 47.0 Å². The Balaban J connectivity index is 2.39. The summed E-state index contributed by atoms with van der Waals surface area (Å²) in [4.78, 5) is 8.45. The smallest absolute Gasteiger partial charge is 0.222 e. The average molecular weight is 231 g/mol. The van der Waals surface area contributed by atoms with Crippen LogP contribution in [0.15, 0.2) is 30.5 Å². The van der Waals surface area contributed by atoms with E-state index in [0.29, 0.717) is 5.28 Å². The Morgan fingerprint density at radius 2 is 1.88 bits per heavy atom. The summed E-state index contributed by atoms with van der Waals surface area (Å²) in [5.74, 6) is 0. The molecule has 3 rings (SSSR count). The van der Waals surface area contributed by atoms with Gasteiger partial charge in [0.15, 0.2) is 0 Å². The fourth-order valence-electron chi connectivity index (χ4n) is 2.42. The van der Waals surface area contributed by atoms with Gasteiger partial charge in [0.1, 0.15) is 0 Å². The van der Waals surface area contributed by atoms with Gasteiger partial charge in [-0.1, -0.05) is 38.1 Å². The van der Waals surface area contributed by atoms with Gasteiger partial charge in [0.25, 0.3) is 0 Å². The van der Waals surface area contributed by atoms with Crippen molar-refractivity contribution in [3.63, 3.8) is 0 Å². The second-order valence-corrected chi connectivity index (χ2v) is 4.91. The molecule has 0 unspecified atom stereocenters. The molecule has 1 aliphatic carbocycles. The standard InChI is InChI=1S/C13H11ClN2/c1-13(2)10-6-4-3-5-8(10)9-7-15-12(14)16-11(9)13/h3-7H,1-2H3. The van der Waals surface area contributed by atoms with Crippen LogP contribution in [0.3, 0.4) is 0 Å². The molecule has 0 N–H and O–H groups in total. The third kappa shape index (κ3) is 1.14. The first-order valence-corrected chi connectivity index (χ1v) is 5.61. The van der Waals surface area contributed by atoms with Crippen LogP contribution in [-0.2, 0) is 5.41 Å². The molecule has 0 atom stereocenters. The summed E-state index contributed by atoms with van der Waals surface area (Å²) in [6.45, 7) is 4.34. The first-order chi connectivity index (χ1) is 7.60. The number of halogens is 1. The SMILES string of the molecule is CC1(C)c2ccccc2-c2cnc(Cl)nc21. The lowest BCUT2D eigenvalue weighted by Gasteiger charge is -2.19. The van der Waals surface area contributed by atoms with Gasteiger partial charge < -0.3 is 0 Å². The molecule has 1 aromatic carbocycles. The largest absolute Gasteiger partial charge is 0.226 e. The van der Waals surface area contributed by atoms with E-state index in [9.17, 15) is 0 Å². The van der Waals surface area contributed by atoms with E-state index in [1.165, 1.54) is 11.1 Å². The zero-order valence-electron chi connectivity index (χ0n) is 9.16. The molecule has 0 bridgehead atoms. The van der Waals surface area contributed by atoms with E-state index in [4.69, 9.17) is 11.6 Å². The highest BCUT2D eigenvalue weighted by Crippen LogP contribution is 2.47. The number of rotatable bonds is 0. The Bertz CT molecular complexity index is 576. The molecule has 0 saturated carbocycles. The number of aromatic nitrogens is 2. The third-order valence-corrected chi connectivity index (χ3v) is 3.42. The summed E-state index contributed by atoms with van der Waals surface area (Å²) in [6, 6.07) is 8.35. The average Bonchev–Trinajstić information content (AvgIpc) is 2.49. The first kappa shape index (κ1) is 9.79. The Morgan fingerprint density at radius 3 is 2.69 bits per heavy atom. The van der Waals surface area contributed by atoms with Gasteiger partial charge in [-0.15, -0.1) is 0 Å². The van der Waals surface area contributed by atoms with Crippen molar-refractivity contribution in [2.45, 2.75) is 19.3 Å². The van der Waals surface area contributed by atoms with E-state index in [2.05, 4.69) is 42.0 Å². The van der Waals surface area contributed by atoms with E-state index >= 15 is 0 Å². The van der Waals surface area contributed by atoms with Crippen molar-refractivity contribution in [2.75, 3.05) is 0 Å². The molecule has 0 aliphatic heterocycles. The van der Waals surface area contributed by atoms with Crippen molar-refractivity contribution < 1.29 is 0 Å². The summed E-state index contributed by atoms with van der Waals surface area (Å²) in [6.07, 6.45) is 1.82. The Labute approximate surface area is 99.3 Å². The molecule has 2 nitrogen and oxygen atoms in total. The highest BCUT2D eigenvalue weighted by Gasteiger charge is 2.36. The summed E-state index contributed by atoms with van der Waals surface area (Å²) < 4.78 is 0. The maximum absolute atomic E-state index is 5.87. The minimum Gasteiger partial charge on any atom is -0.226 e. The number of fused-ring (bicyclic) bond motifs is 3. The second kappa shape index (κ2) is 3.05. The summed E-state index contributed by atoms with van der Waals surface area (Å²) >= 11 is 5.87. The predicted molar refractivity (Wildman–Crippen MR) is 64.6 cm³/mol. The summed E-state index contributed by atoms with van der Waals surface area (Å²) in [5, 5.41) is 0.319. The third-order valence-electron chi connectivity index (χ3n) is 3.24. The van der Waals surface area contributed by atoms with Crippen molar-refractivity contribution in [2.24, 2.45) is 0 Å². The zero-order valence-corrected chi connectivity index (χ0v) is 9.92. The van der Waals surface area contributed by atoms with Gasteiger partial charge in [-0.05, 0) is 22.7 Å². The van der Waals surface area contributed by atoms with Gasteiger partial charge >= 0.3 is 0 Å². The minimum absolute atomic E-state index is 0.0848. The van der Waals surface area contributed by atoms with Crippen LogP contribution in [0.1, 0.15) is 25.1 Å². The molecule has 0 spiro atoms. The topological polar surface area (TPSA) is 25.8 Å². The number of benzene rings is 1. The van der Waals surface area contributed by atoms with Crippen LogP contribution in [-0.4, -0.2) is 9.97 Å². The molecule has 0 radical (unpaired) electrons. The van der Waals surface area contributed by atoms with Gasteiger partial charge in [-0.3, -0.25) is 0 Å². The number of hydrogen-bond donors (Lipinski definition) is 0. The fraction of sp³-hybridized carbons (Fsp3) is 0.231. The molecule has 0 saturated heterocycles. The Hall–Kier alpha value is -1.41. The molecule has 1 aromatic heterocycles. The van der Waals surface area contributed by atoms with Crippen LogP contribution in [0.2, 0.25) is 5.28 Å². The molecular formula is C13H11ClN2. The monoisotopic (exact) mass is 230 g/mol. The minimum atomic E-state index is -0.0848. The fourth-order valence-corrected chi connectivity index (χ4v) is 2.56. The zero-order chi connectivity index (χ0) is 11.3. The second-order valence-electron chi connectivity index (χ2n) is 4.57. The van der Waals surface area contributed by atoms with Gasteiger partial charge in [0, 0.05) is 17.2 Å². The van der Waals surface area contributed by atoms with Crippen molar-refractivity contribution in [1.82, 2.24) is 9.97 Å². The van der Waals surface area contributed by atoms with Crippen LogP contribution in [0.25, 0.3) is 11.1 Å². The van der Waals surface area contributed by atoms with E-state index in [0.717, 1.165) is 11.3 Å². The molecule has 80 valence electrons. The van der Waals surface area contributed by atoms with Gasteiger partial charge in [-0.25, -0.2) is 9.97 Å². The van der Waals surface area contributed by atoms with Crippen LogP contribution in [0.5, 0.6) is 0 Å². The highest BCUT2D eigenvalue weighted by atomic mass is 35.5. The van der Waals surface area contributed by atoms with E-state index in [1.54, 1.807) is 0 Å². The van der Waals surface area contributed by atoms with Crippen molar-refractivity contribution in [3.8, 4) is 11.1 Å². The Morgan fingerprint density at radius 1 is 1.12 bits per heavy atom. The normalized spacial score (nSPS) is 15.7. The van der Waals surface area contributed by atoms with E-state index < -0.39 is 0 Å². The molecule has 1 heterocycles. The maximum atomic E-state index is 5.87. The molecule has 3 heteroatoms. The maximum Gasteiger partial charge on any atom is 0.222 e. The van der Waals surface area contributed by atoms with Crippen LogP contribution >= 0.6 is 11.6 Å².